The number of ether oxygens (including phenoxy) is 1. The molecule has 1 aliphatic rings. The van der Waals surface area contributed by atoms with E-state index < -0.39 is 29.2 Å². The summed E-state index contributed by atoms with van der Waals surface area (Å²) in [6, 6.07) is 15.1. The van der Waals surface area contributed by atoms with Crippen molar-refractivity contribution in [1.29, 1.82) is 0 Å². The summed E-state index contributed by atoms with van der Waals surface area (Å²) in [7, 11) is 0. The van der Waals surface area contributed by atoms with Gasteiger partial charge in [-0.25, -0.2) is 9.59 Å². The molecule has 8 nitrogen and oxygen atoms in total. The van der Waals surface area contributed by atoms with Crippen molar-refractivity contribution >= 4 is 23.9 Å². The number of aliphatic imine (C=N–C) groups is 1. The molecule has 0 bridgehead atoms. The lowest BCUT2D eigenvalue weighted by Gasteiger charge is -2.30. The molecule has 2 amide bonds. The van der Waals surface area contributed by atoms with E-state index in [0.29, 0.717) is 12.0 Å². The second-order valence-corrected chi connectivity index (χ2v) is 10.2. The smallest absolute Gasteiger partial charge is 0.437 e. The van der Waals surface area contributed by atoms with Gasteiger partial charge in [0, 0.05) is 0 Å². The standard InChI is InChI=1S/C27H33N3O5/c1-17(2)16-27(21-13-8-7-9-14-21)23(33)30(24(29-27)28-25(34)35-26(4,5)6)18(3)19-11-10-12-20(15-19)22(31)32/h7-15,17-18H,16H2,1-6H3,(H,31,32)(H,28,29,34)/t18-,27-/m1/s1. The van der Waals surface area contributed by atoms with Gasteiger partial charge in [-0.1, -0.05) is 56.3 Å². The first-order valence-electron chi connectivity index (χ1n) is 11.7. The average Bonchev–Trinajstić information content (AvgIpc) is 3.03. The lowest BCUT2D eigenvalue weighted by Crippen LogP contribution is -2.45. The second-order valence-electron chi connectivity index (χ2n) is 10.2. The molecule has 186 valence electrons. The molecule has 2 N–H and O–H groups in total. The molecule has 0 aliphatic carbocycles. The fourth-order valence-corrected chi connectivity index (χ4v) is 4.29. The van der Waals surface area contributed by atoms with Gasteiger partial charge < -0.3 is 15.2 Å². The summed E-state index contributed by atoms with van der Waals surface area (Å²) in [6.45, 7) is 11.0. The third-order valence-corrected chi connectivity index (χ3v) is 5.71. The number of nitrogens with one attached hydrogen (secondary N) is 1. The van der Waals surface area contributed by atoms with Gasteiger partial charge in [-0.3, -0.25) is 9.69 Å². The number of carbonyl (C=O) groups excluding carboxylic acids is 2. The minimum atomic E-state index is -1.14. The molecule has 2 atom stereocenters. The predicted molar refractivity (Wildman–Crippen MR) is 133 cm³/mol. The highest BCUT2D eigenvalue weighted by molar-refractivity contribution is 6.11. The predicted octanol–water partition coefficient (Wildman–Crippen LogP) is 5.11. The first-order chi connectivity index (χ1) is 16.3. The summed E-state index contributed by atoms with van der Waals surface area (Å²) in [4.78, 5) is 44.0. The zero-order valence-electron chi connectivity index (χ0n) is 21.0. The monoisotopic (exact) mass is 479 g/mol. The van der Waals surface area contributed by atoms with Crippen molar-refractivity contribution in [2.75, 3.05) is 0 Å². The number of aromatic carboxylic acids is 1. The van der Waals surface area contributed by atoms with Gasteiger partial charge in [0.1, 0.15) is 11.1 Å². The summed E-state index contributed by atoms with van der Waals surface area (Å²) in [5, 5.41) is 12.7. The summed E-state index contributed by atoms with van der Waals surface area (Å²) < 4.78 is 5.39. The Kier molecular flexibility index (Phi) is 7.33. The number of amides is 2. The van der Waals surface area contributed by atoms with Gasteiger partial charge in [-0.05, 0) is 63.3 Å². The van der Waals surface area contributed by atoms with Crippen LogP contribution in [0.4, 0.5) is 4.79 Å². The van der Waals surface area contributed by atoms with Gasteiger partial charge in [0.25, 0.3) is 5.91 Å². The van der Waals surface area contributed by atoms with Gasteiger partial charge in [0.2, 0.25) is 5.96 Å². The van der Waals surface area contributed by atoms with E-state index in [2.05, 4.69) is 10.3 Å². The van der Waals surface area contributed by atoms with Crippen molar-refractivity contribution in [3.05, 3.63) is 71.3 Å². The van der Waals surface area contributed by atoms with E-state index in [1.54, 1.807) is 39.8 Å². The third-order valence-electron chi connectivity index (χ3n) is 5.71. The van der Waals surface area contributed by atoms with Crippen LogP contribution in [0.15, 0.2) is 59.6 Å². The maximum absolute atomic E-state index is 14.2. The summed E-state index contributed by atoms with van der Waals surface area (Å²) in [5.41, 5.74) is -0.439. The van der Waals surface area contributed by atoms with Crippen molar-refractivity contribution in [2.24, 2.45) is 10.9 Å². The van der Waals surface area contributed by atoms with Crippen LogP contribution in [-0.4, -0.2) is 39.5 Å². The molecule has 0 spiro atoms. The van der Waals surface area contributed by atoms with E-state index in [1.165, 1.54) is 17.0 Å². The minimum Gasteiger partial charge on any atom is -0.478 e. The van der Waals surface area contributed by atoms with Crippen molar-refractivity contribution in [2.45, 2.75) is 65.1 Å². The lowest BCUT2D eigenvalue weighted by molar-refractivity contribution is -0.133. The third kappa shape index (κ3) is 5.70. The molecule has 1 aliphatic heterocycles. The summed E-state index contributed by atoms with van der Waals surface area (Å²) >= 11 is 0. The molecular weight excluding hydrogens is 446 g/mol. The van der Waals surface area contributed by atoms with Crippen molar-refractivity contribution < 1.29 is 24.2 Å². The molecule has 1 saturated heterocycles. The Morgan fingerprint density at radius 1 is 1.09 bits per heavy atom. The van der Waals surface area contributed by atoms with Crippen LogP contribution in [-0.2, 0) is 15.1 Å². The van der Waals surface area contributed by atoms with Crippen LogP contribution in [0.1, 0.15) is 75.5 Å². The van der Waals surface area contributed by atoms with E-state index in [-0.39, 0.29) is 23.3 Å². The van der Waals surface area contributed by atoms with Crippen LogP contribution in [0, 0.1) is 5.92 Å². The molecule has 0 radical (unpaired) electrons. The van der Waals surface area contributed by atoms with Gasteiger partial charge in [-0.15, -0.1) is 4.99 Å². The largest absolute Gasteiger partial charge is 0.478 e. The molecule has 35 heavy (non-hydrogen) atoms. The average molecular weight is 480 g/mol. The molecule has 0 saturated carbocycles. The van der Waals surface area contributed by atoms with Crippen LogP contribution in [0.25, 0.3) is 0 Å². The van der Waals surface area contributed by atoms with E-state index in [1.807, 2.05) is 44.2 Å². The van der Waals surface area contributed by atoms with Gasteiger partial charge in [0.15, 0.2) is 0 Å². The summed E-state index contributed by atoms with van der Waals surface area (Å²) in [6.07, 6.45) is -0.362. The zero-order valence-corrected chi connectivity index (χ0v) is 21.0. The minimum absolute atomic E-state index is 0.0713. The van der Waals surface area contributed by atoms with Crippen LogP contribution in [0.2, 0.25) is 0 Å². The Labute approximate surface area is 206 Å². The Bertz CT molecular complexity index is 1140. The highest BCUT2D eigenvalue weighted by Gasteiger charge is 2.53. The Morgan fingerprint density at radius 3 is 2.31 bits per heavy atom. The molecular formula is C27H33N3O5. The topological polar surface area (TPSA) is 108 Å². The fourth-order valence-electron chi connectivity index (χ4n) is 4.29. The van der Waals surface area contributed by atoms with Crippen LogP contribution in [0.3, 0.4) is 0 Å². The fraction of sp³-hybridized carbons (Fsp3) is 0.407. The number of hydrogen-bond acceptors (Lipinski definition) is 4. The Hall–Kier alpha value is -3.68. The van der Waals surface area contributed by atoms with Crippen molar-refractivity contribution in [1.82, 2.24) is 10.2 Å². The highest BCUT2D eigenvalue weighted by atomic mass is 16.6. The van der Waals surface area contributed by atoms with Gasteiger partial charge >= 0.3 is 12.1 Å². The van der Waals surface area contributed by atoms with E-state index in [0.717, 1.165) is 5.56 Å². The van der Waals surface area contributed by atoms with E-state index in [9.17, 15) is 19.5 Å². The zero-order chi connectivity index (χ0) is 26.0. The number of hydrogen-bond donors (Lipinski definition) is 2. The maximum atomic E-state index is 14.2. The SMILES string of the molecule is CC(C)C[C@]1(c2ccccc2)N/C(=N/C(=O)OC(C)(C)C)N([C@H](C)c2cccc(C(=O)O)c2)C1=O. The number of nitrogens with zero attached hydrogens (tertiary/aromatic N) is 2. The number of carboxylic acid groups (broad SMARTS) is 1. The molecule has 1 fully saturated rings. The molecule has 8 heteroatoms. The van der Waals surface area contributed by atoms with Crippen molar-refractivity contribution in [3.63, 3.8) is 0 Å². The van der Waals surface area contributed by atoms with E-state index >= 15 is 0 Å². The quantitative estimate of drug-likeness (QED) is 0.596. The first-order valence-corrected chi connectivity index (χ1v) is 11.7. The van der Waals surface area contributed by atoms with Crippen LogP contribution >= 0.6 is 0 Å². The highest BCUT2D eigenvalue weighted by Crippen LogP contribution is 2.39. The molecule has 0 unspecified atom stereocenters. The second kappa shape index (κ2) is 9.90. The molecule has 1 heterocycles. The Morgan fingerprint density at radius 2 is 1.74 bits per heavy atom. The number of guanidine groups is 1. The Balaban J connectivity index is 2.15. The lowest BCUT2D eigenvalue weighted by atomic mass is 9.82. The van der Waals surface area contributed by atoms with Crippen molar-refractivity contribution in [3.8, 4) is 0 Å². The van der Waals surface area contributed by atoms with Crippen LogP contribution < -0.4 is 5.32 Å². The molecule has 2 aromatic rings. The number of carbonyl (C=O) groups is 3. The molecule has 3 rings (SSSR count). The molecule has 2 aromatic carbocycles. The van der Waals surface area contributed by atoms with Gasteiger partial charge in [0.05, 0.1) is 11.6 Å². The normalized spacial score (nSPS) is 20.1. The number of benzene rings is 2. The summed E-state index contributed by atoms with van der Waals surface area (Å²) in [5.74, 6) is -1.12. The van der Waals surface area contributed by atoms with E-state index in [4.69, 9.17) is 4.74 Å². The van der Waals surface area contributed by atoms with Crippen LogP contribution in [0.5, 0.6) is 0 Å². The molecule has 0 aromatic heterocycles. The number of rotatable bonds is 6. The van der Waals surface area contributed by atoms with Gasteiger partial charge in [-0.2, -0.15) is 0 Å². The number of carboxylic acids is 1. The first kappa shape index (κ1) is 25.9. The maximum Gasteiger partial charge on any atom is 0.437 e.